The Morgan fingerprint density at radius 3 is 2.61 bits per heavy atom. The average Bonchev–Trinajstić information content (AvgIpc) is 2.72. The number of carbonyl (C=O) groups is 1. The molecule has 0 spiro atoms. The highest BCUT2D eigenvalue weighted by molar-refractivity contribution is 7.88. The first-order valence-corrected chi connectivity index (χ1v) is 11.9. The van der Waals surface area contributed by atoms with Crippen LogP contribution in [0.2, 0.25) is 0 Å². The first-order chi connectivity index (χ1) is 14.6. The number of halogens is 1. The minimum Gasteiger partial charge on any atom is -0.486 e. The van der Waals surface area contributed by atoms with Gasteiger partial charge in [0.15, 0.2) is 0 Å². The third-order valence-electron chi connectivity index (χ3n) is 5.56. The standard InChI is InChI=1S/C22H30FN3O4S/c1-15(12-13-27)16(2)22(24-3)25-18-11-10-17(23)14-21(18)30-20-9-7-6-8-19(20)26(4)31(5,28)29/h10-14,19-20,25H,3,6-9H2,1-2,4-5H3/b15-12+,22-16-/t19-,20-/m1/s1. The number of ether oxygens (including phenoxy) is 1. The van der Waals surface area contributed by atoms with Crippen LogP contribution in [0.3, 0.4) is 0 Å². The van der Waals surface area contributed by atoms with Gasteiger partial charge >= 0.3 is 0 Å². The second-order valence-corrected chi connectivity index (χ2v) is 9.71. The van der Waals surface area contributed by atoms with Crippen LogP contribution in [0.25, 0.3) is 0 Å². The SMILES string of the molecule is C=N/C(Nc1ccc(F)cc1O[C@@H]1CCCC[C@H]1N(C)S(C)(=O)=O)=C(C)/C(C)=C/C=O. The number of nitrogens with zero attached hydrogens (tertiary/aromatic N) is 2. The molecule has 2 rings (SSSR count). The van der Waals surface area contributed by atoms with Crippen molar-refractivity contribution in [3.05, 3.63) is 47.1 Å². The van der Waals surface area contributed by atoms with E-state index >= 15 is 0 Å². The lowest BCUT2D eigenvalue weighted by atomic mass is 9.92. The normalized spacial score (nSPS) is 20.8. The van der Waals surface area contributed by atoms with Crippen molar-refractivity contribution in [2.24, 2.45) is 4.99 Å². The minimum absolute atomic E-state index is 0.254. The molecule has 1 fully saturated rings. The Bertz CT molecular complexity index is 988. The molecule has 1 aliphatic rings. The van der Waals surface area contributed by atoms with Crippen molar-refractivity contribution >= 4 is 28.7 Å². The van der Waals surface area contributed by atoms with Gasteiger partial charge in [0.2, 0.25) is 10.0 Å². The molecule has 170 valence electrons. The Balaban J connectivity index is 2.38. The second kappa shape index (κ2) is 10.7. The highest BCUT2D eigenvalue weighted by Gasteiger charge is 2.34. The summed E-state index contributed by atoms with van der Waals surface area (Å²) in [6, 6.07) is 3.74. The number of hydrogen-bond donors (Lipinski definition) is 1. The molecule has 1 saturated carbocycles. The molecule has 0 heterocycles. The number of hydrogen-bond acceptors (Lipinski definition) is 6. The molecule has 0 unspecified atom stereocenters. The number of nitrogens with one attached hydrogen (secondary N) is 1. The zero-order valence-corrected chi connectivity index (χ0v) is 19.2. The number of sulfonamides is 1. The van der Waals surface area contributed by atoms with Gasteiger partial charge in [0.25, 0.3) is 0 Å². The van der Waals surface area contributed by atoms with Crippen LogP contribution in [0.5, 0.6) is 5.75 Å². The quantitative estimate of drug-likeness (QED) is 0.266. The van der Waals surface area contributed by atoms with Crippen LogP contribution in [-0.4, -0.2) is 51.2 Å². The van der Waals surface area contributed by atoms with Crippen molar-refractivity contribution < 1.29 is 22.3 Å². The van der Waals surface area contributed by atoms with E-state index in [4.69, 9.17) is 4.74 Å². The monoisotopic (exact) mass is 451 g/mol. The predicted molar refractivity (Wildman–Crippen MR) is 121 cm³/mol. The van der Waals surface area contributed by atoms with E-state index in [2.05, 4.69) is 17.0 Å². The van der Waals surface area contributed by atoms with E-state index in [0.29, 0.717) is 41.8 Å². The van der Waals surface area contributed by atoms with Gasteiger partial charge < -0.3 is 10.1 Å². The van der Waals surface area contributed by atoms with Crippen molar-refractivity contribution in [2.75, 3.05) is 18.6 Å². The molecule has 31 heavy (non-hydrogen) atoms. The average molecular weight is 452 g/mol. The fraction of sp³-hybridized carbons (Fsp3) is 0.455. The van der Waals surface area contributed by atoms with Gasteiger partial charge in [-0.2, -0.15) is 4.31 Å². The van der Waals surface area contributed by atoms with E-state index in [1.165, 1.54) is 34.8 Å². The number of likely N-dealkylation sites (N-methyl/N-ethyl adjacent to an activating group) is 1. The Kier molecular flexibility index (Phi) is 8.52. The van der Waals surface area contributed by atoms with Crippen LogP contribution in [0, 0.1) is 5.82 Å². The van der Waals surface area contributed by atoms with Gasteiger partial charge in [-0.25, -0.2) is 17.8 Å². The van der Waals surface area contributed by atoms with Crippen molar-refractivity contribution in [2.45, 2.75) is 51.7 Å². The summed E-state index contributed by atoms with van der Waals surface area (Å²) >= 11 is 0. The van der Waals surface area contributed by atoms with Crippen molar-refractivity contribution in [3.63, 3.8) is 0 Å². The van der Waals surface area contributed by atoms with Gasteiger partial charge in [-0.3, -0.25) is 4.79 Å². The van der Waals surface area contributed by atoms with Crippen LogP contribution < -0.4 is 10.1 Å². The van der Waals surface area contributed by atoms with E-state index in [-0.39, 0.29) is 11.8 Å². The summed E-state index contributed by atoms with van der Waals surface area (Å²) in [4.78, 5) is 14.8. The number of allylic oxidation sites excluding steroid dienone is 3. The molecule has 2 atom stereocenters. The van der Waals surface area contributed by atoms with E-state index in [9.17, 15) is 17.6 Å². The van der Waals surface area contributed by atoms with Gasteiger partial charge in [-0.05, 0) is 69.2 Å². The molecule has 0 aromatic heterocycles. The molecule has 1 N–H and O–H groups in total. The maximum atomic E-state index is 14.0. The second-order valence-electron chi connectivity index (χ2n) is 7.67. The largest absolute Gasteiger partial charge is 0.486 e. The Morgan fingerprint density at radius 2 is 2.00 bits per heavy atom. The van der Waals surface area contributed by atoms with Crippen LogP contribution in [0.1, 0.15) is 39.5 Å². The minimum atomic E-state index is -3.40. The Morgan fingerprint density at radius 1 is 1.32 bits per heavy atom. The molecule has 7 nitrogen and oxygen atoms in total. The van der Waals surface area contributed by atoms with E-state index < -0.39 is 21.9 Å². The maximum absolute atomic E-state index is 14.0. The molecule has 9 heteroatoms. The Labute approximate surface area is 183 Å². The lowest BCUT2D eigenvalue weighted by Gasteiger charge is -2.37. The molecule has 1 aliphatic carbocycles. The van der Waals surface area contributed by atoms with Crippen molar-refractivity contribution in [1.82, 2.24) is 4.31 Å². The van der Waals surface area contributed by atoms with Gasteiger partial charge in [-0.15, -0.1) is 0 Å². The molecule has 0 amide bonds. The summed E-state index contributed by atoms with van der Waals surface area (Å²) < 4.78 is 45.7. The highest BCUT2D eigenvalue weighted by Crippen LogP contribution is 2.33. The topological polar surface area (TPSA) is 88.1 Å². The molecule has 1 aromatic rings. The predicted octanol–water partition coefficient (Wildman–Crippen LogP) is 3.90. The van der Waals surface area contributed by atoms with Gasteiger partial charge in [-0.1, -0.05) is 6.42 Å². The maximum Gasteiger partial charge on any atom is 0.211 e. The summed E-state index contributed by atoms with van der Waals surface area (Å²) in [7, 11) is -1.85. The molecule has 1 aromatic carbocycles. The molecular weight excluding hydrogens is 421 g/mol. The summed E-state index contributed by atoms with van der Waals surface area (Å²) in [5, 5.41) is 3.10. The molecule has 0 radical (unpaired) electrons. The van der Waals surface area contributed by atoms with E-state index in [1.807, 2.05) is 0 Å². The van der Waals surface area contributed by atoms with Crippen LogP contribution in [0.4, 0.5) is 10.1 Å². The number of aldehydes is 1. The molecule has 0 aliphatic heterocycles. The first-order valence-electron chi connectivity index (χ1n) is 10.0. The van der Waals surface area contributed by atoms with Crippen molar-refractivity contribution in [3.8, 4) is 5.75 Å². The third-order valence-corrected chi connectivity index (χ3v) is 6.87. The van der Waals surface area contributed by atoms with Crippen LogP contribution in [0.15, 0.2) is 46.2 Å². The molecule has 0 saturated heterocycles. The fourth-order valence-corrected chi connectivity index (χ4v) is 4.26. The van der Waals surface area contributed by atoms with Crippen molar-refractivity contribution in [1.29, 1.82) is 0 Å². The number of aliphatic imine (C=N–C) groups is 1. The number of anilines is 1. The lowest BCUT2D eigenvalue weighted by Crippen LogP contribution is -2.48. The van der Waals surface area contributed by atoms with Crippen LogP contribution in [-0.2, 0) is 14.8 Å². The zero-order chi connectivity index (χ0) is 23.2. The van der Waals surface area contributed by atoms with Gasteiger partial charge in [0.1, 0.15) is 29.8 Å². The first kappa shape index (κ1) is 24.7. The molecule has 0 bridgehead atoms. The third kappa shape index (κ3) is 6.48. The summed E-state index contributed by atoms with van der Waals surface area (Å²) in [6.45, 7) is 7.13. The smallest absolute Gasteiger partial charge is 0.211 e. The summed E-state index contributed by atoms with van der Waals surface area (Å²) in [6.07, 6.45) is 5.96. The van der Waals surface area contributed by atoms with Gasteiger partial charge in [0, 0.05) is 13.1 Å². The number of rotatable bonds is 9. The zero-order valence-electron chi connectivity index (χ0n) is 18.4. The lowest BCUT2D eigenvalue weighted by molar-refractivity contribution is -0.104. The number of carbonyl (C=O) groups excluding carboxylic acids is 1. The summed E-state index contributed by atoms with van der Waals surface area (Å²) in [5.41, 5.74) is 1.87. The molecular formula is C22H30FN3O4S. The van der Waals surface area contributed by atoms with Gasteiger partial charge in [0.05, 0.1) is 18.0 Å². The number of benzene rings is 1. The summed E-state index contributed by atoms with van der Waals surface area (Å²) in [5.74, 6) is 0.181. The Hall–Kier alpha value is -2.52. The fourth-order valence-electron chi connectivity index (χ4n) is 3.53. The van der Waals surface area contributed by atoms with E-state index in [0.717, 1.165) is 12.8 Å². The highest BCUT2D eigenvalue weighted by atomic mass is 32.2. The van der Waals surface area contributed by atoms with Crippen LogP contribution >= 0.6 is 0 Å². The van der Waals surface area contributed by atoms with E-state index in [1.54, 1.807) is 20.9 Å².